The molecule has 1 amide bonds. The van der Waals surface area contributed by atoms with E-state index in [9.17, 15) is 9.59 Å². The smallest absolute Gasteiger partial charge is 0.244 e. The Morgan fingerprint density at radius 1 is 1.25 bits per heavy atom. The molecular weight excluding hydrogens is 252 g/mol. The number of hydrogen-bond acceptors (Lipinski definition) is 2. The number of hydrogen-bond donors (Lipinski definition) is 1. The van der Waals surface area contributed by atoms with E-state index in [2.05, 4.69) is 5.32 Å². The molecule has 1 aromatic heterocycles. The summed E-state index contributed by atoms with van der Waals surface area (Å²) in [6, 6.07) is 9.14. The first-order valence-electron chi connectivity index (χ1n) is 6.64. The zero-order valence-corrected chi connectivity index (χ0v) is 11.7. The van der Waals surface area contributed by atoms with E-state index in [0.29, 0.717) is 6.42 Å². The molecule has 0 bridgehead atoms. The molecule has 104 valence electrons. The number of para-hydroxylation sites is 1. The lowest BCUT2D eigenvalue weighted by Gasteiger charge is -2.10. The second-order valence-corrected chi connectivity index (χ2v) is 4.72. The van der Waals surface area contributed by atoms with Crippen molar-refractivity contribution >= 4 is 11.6 Å². The number of aryl methyl sites for hydroxylation is 2. The lowest BCUT2D eigenvalue weighted by Crippen LogP contribution is -2.21. The molecule has 20 heavy (non-hydrogen) atoms. The molecule has 0 aliphatic heterocycles. The Bertz CT molecular complexity index is 674. The minimum absolute atomic E-state index is 0.0167. The second-order valence-electron chi connectivity index (χ2n) is 4.72. The van der Waals surface area contributed by atoms with Gasteiger partial charge < -0.3 is 9.88 Å². The summed E-state index contributed by atoms with van der Waals surface area (Å²) in [4.78, 5) is 23.5. The van der Waals surface area contributed by atoms with Crippen molar-refractivity contribution in [3.8, 4) is 0 Å². The summed E-state index contributed by atoms with van der Waals surface area (Å²) in [5, 5.41) is 2.87. The average molecular weight is 270 g/mol. The third kappa shape index (κ3) is 3.35. The fourth-order valence-corrected chi connectivity index (χ4v) is 2.01. The summed E-state index contributed by atoms with van der Waals surface area (Å²) >= 11 is 0. The van der Waals surface area contributed by atoms with Crippen LogP contribution in [0.2, 0.25) is 0 Å². The first kappa shape index (κ1) is 14.1. The summed E-state index contributed by atoms with van der Waals surface area (Å²) in [5.41, 5.74) is 2.57. The number of amides is 1. The molecule has 4 nitrogen and oxygen atoms in total. The van der Waals surface area contributed by atoms with Gasteiger partial charge in [0.25, 0.3) is 0 Å². The monoisotopic (exact) mass is 270 g/mol. The van der Waals surface area contributed by atoms with Crippen molar-refractivity contribution in [2.24, 2.45) is 0 Å². The Hall–Kier alpha value is -2.36. The van der Waals surface area contributed by atoms with Crippen molar-refractivity contribution in [3.63, 3.8) is 0 Å². The number of rotatable bonds is 4. The Morgan fingerprint density at radius 3 is 2.70 bits per heavy atom. The van der Waals surface area contributed by atoms with Crippen molar-refractivity contribution in [1.29, 1.82) is 0 Å². The van der Waals surface area contributed by atoms with Crippen molar-refractivity contribution in [2.75, 3.05) is 5.32 Å². The molecule has 0 atom stereocenters. The molecule has 0 radical (unpaired) electrons. The second kappa shape index (κ2) is 6.19. The van der Waals surface area contributed by atoms with Gasteiger partial charge in [0.2, 0.25) is 5.91 Å². The lowest BCUT2D eigenvalue weighted by atomic mass is 10.2. The van der Waals surface area contributed by atoms with E-state index in [1.807, 2.05) is 38.1 Å². The van der Waals surface area contributed by atoms with Crippen LogP contribution in [-0.4, -0.2) is 10.5 Å². The highest BCUT2D eigenvalue weighted by Gasteiger charge is 2.05. The standard InChI is InChI=1S/C16H18N2O2/c1-3-13-10-18(9-8-15(13)19)11-16(20)17-14-7-5-4-6-12(14)2/h4-10H,3,11H2,1-2H3,(H,17,20). The molecule has 1 heterocycles. The summed E-state index contributed by atoms with van der Waals surface area (Å²) < 4.78 is 1.73. The van der Waals surface area contributed by atoms with Gasteiger partial charge in [-0.3, -0.25) is 9.59 Å². The minimum Gasteiger partial charge on any atom is -0.344 e. The van der Waals surface area contributed by atoms with Crippen LogP contribution < -0.4 is 10.7 Å². The third-order valence-corrected chi connectivity index (χ3v) is 3.18. The van der Waals surface area contributed by atoms with E-state index < -0.39 is 0 Å². The van der Waals surface area contributed by atoms with Crippen molar-refractivity contribution in [2.45, 2.75) is 26.8 Å². The van der Waals surface area contributed by atoms with E-state index in [-0.39, 0.29) is 17.9 Å². The van der Waals surface area contributed by atoms with E-state index in [4.69, 9.17) is 0 Å². The quantitative estimate of drug-likeness (QED) is 0.927. The predicted molar refractivity (Wildman–Crippen MR) is 79.9 cm³/mol. The van der Waals surface area contributed by atoms with Crippen LogP contribution in [-0.2, 0) is 17.8 Å². The van der Waals surface area contributed by atoms with Crippen LogP contribution in [0.15, 0.2) is 47.5 Å². The highest BCUT2D eigenvalue weighted by atomic mass is 16.2. The van der Waals surface area contributed by atoms with Crippen LogP contribution in [0.3, 0.4) is 0 Å². The van der Waals surface area contributed by atoms with Gasteiger partial charge in [0.05, 0.1) is 0 Å². The zero-order chi connectivity index (χ0) is 14.5. The summed E-state index contributed by atoms with van der Waals surface area (Å²) in [6.07, 6.45) is 4.04. The molecule has 0 saturated carbocycles. The molecule has 4 heteroatoms. The Kier molecular flexibility index (Phi) is 4.35. The number of anilines is 1. The van der Waals surface area contributed by atoms with Gasteiger partial charge in [0.1, 0.15) is 6.54 Å². The van der Waals surface area contributed by atoms with Gasteiger partial charge in [-0.25, -0.2) is 0 Å². The highest BCUT2D eigenvalue weighted by Crippen LogP contribution is 2.12. The third-order valence-electron chi connectivity index (χ3n) is 3.18. The minimum atomic E-state index is -0.106. The van der Waals surface area contributed by atoms with Gasteiger partial charge in [-0.1, -0.05) is 25.1 Å². The molecule has 0 unspecified atom stereocenters. The molecule has 0 aliphatic carbocycles. The molecular formula is C16H18N2O2. The number of nitrogens with one attached hydrogen (secondary N) is 1. The average Bonchev–Trinajstić information content (AvgIpc) is 2.43. The van der Waals surface area contributed by atoms with Gasteiger partial charge in [0.15, 0.2) is 5.43 Å². The molecule has 0 spiro atoms. The van der Waals surface area contributed by atoms with Crippen LogP contribution in [0, 0.1) is 6.92 Å². The Labute approximate surface area is 118 Å². The predicted octanol–water partition coefficient (Wildman–Crippen LogP) is 2.36. The molecule has 0 aliphatic rings. The van der Waals surface area contributed by atoms with E-state index in [1.165, 1.54) is 6.07 Å². The number of carbonyl (C=O) groups is 1. The van der Waals surface area contributed by atoms with Crippen molar-refractivity contribution in [3.05, 3.63) is 64.1 Å². The summed E-state index contributed by atoms with van der Waals surface area (Å²) in [5.74, 6) is -0.106. The van der Waals surface area contributed by atoms with E-state index >= 15 is 0 Å². The first-order valence-corrected chi connectivity index (χ1v) is 6.64. The van der Waals surface area contributed by atoms with Gasteiger partial charge in [0, 0.05) is 29.7 Å². The Balaban J connectivity index is 2.09. The first-order chi connectivity index (χ1) is 9.60. The van der Waals surface area contributed by atoms with Crippen molar-refractivity contribution < 1.29 is 4.79 Å². The fourth-order valence-electron chi connectivity index (χ4n) is 2.01. The largest absolute Gasteiger partial charge is 0.344 e. The Morgan fingerprint density at radius 2 is 2.00 bits per heavy atom. The fraction of sp³-hybridized carbons (Fsp3) is 0.250. The molecule has 0 fully saturated rings. The molecule has 2 aromatic rings. The van der Waals surface area contributed by atoms with Crippen LogP contribution in [0.5, 0.6) is 0 Å². The number of pyridine rings is 1. The van der Waals surface area contributed by atoms with E-state index in [1.54, 1.807) is 17.0 Å². The van der Waals surface area contributed by atoms with E-state index in [0.717, 1.165) is 16.8 Å². The van der Waals surface area contributed by atoms with Gasteiger partial charge in [-0.15, -0.1) is 0 Å². The summed E-state index contributed by atoms with van der Waals surface area (Å²) in [7, 11) is 0. The van der Waals surface area contributed by atoms with Crippen LogP contribution in [0.4, 0.5) is 5.69 Å². The van der Waals surface area contributed by atoms with Crippen LogP contribution in [0.1, 0.15) is 18.1 Å². The SMILES string of the molecule is CCc1cn(CC(=O)Nc2ccccc2C)ccc1=O. The number of carbonyl (C=O) groups excluding carboxylic acids is 1. The zero-order valence-electron chi connectivity index (χ0n) is 11.7. The summed E-state index contributed by atoms with van der Waals surface area (Å²) in [6.45, 7) is 4.07. The molecule has 2 rings (SSSR count). The molecule has 1 aromatic carbocycles. The number of benzene rings is 1. The van der Waals surface area contributed by atoms with Gasteiger partial charge >= 0.3 is 0 Å². The maximum atomic E-state index is 12.0. The maximum Gasteiger partial charge on any atom is 0.244 e. The van der Waals surface area contributed by atoms with Gasteiger partial charge in [-0.05, 0) is 25.0 Å². The van der Waals surface area contributed by atoms with Crippen LogP contribution >= 0.6 is 0 Å². The van der Waals surface area contributed by atoms with Crippen molar-refractivity contribution in [1.82, 2.24) is 4.57 Å². The normalized spacial score (nSPS) is 10.3. The number of aromatic nitrogens is 1. The highest BCUT2D eigenvalue weighted by molar-refractivity contribution is 5.91. The van der Waals surface area contributed by atoms with Crippen LogP contribution in [0.25, 0.3) is 0 Å². The topological polar surface area (TPSA) is 51.1 Å². The molecule has 0 saturated heterocycles. The maximum absolute atomic E-state index is 12.0. The number of nitrogens with zero attached hydrogens (tertiary/aromatic N) is 1. The molecule has 1 N–H and O–H groups in total. The lowest BCUT2D eigenvalue weighted by molar-refractivity contribution is -0.116. The van der Waals surface area contributed by atoms with Gasteiger partial charge in [-0.2, -0.15) is 0 Å².